The first-order valence-electron chi connectivity index (χ1n) is 6.78. The molecule has 0 aliphatic rings. The lowest BCUT2D eigenvalue weighted by atomic mass is 10.1. The Labute approximate surface area is 123 Å². The van der Waals surface area contributed by atoms with Gasteiger partial charge in [0.25, 0.3) is 0 Å². The number of aliphatic carboxylic acids is 1. The summed E-state index contributed by atoms with van der Waals surface area (Å²) >= 11 is 0. The number of amides is 1. The van der Waals surface area contributed by atoms with Gasteiger partial charge in [0.05, 0.1) is 6.42 Å². The highest BCUT2D eigenvalue weighted by molar-refractivity contribution is 5.91. The molecule has 0 saturated heterocycles. The summed E-state index contributed by atoms with van der Waals surface area (Å²) in [5.41, 5.74) is 2.42. The lowest BCUT2D eigenvalue weighted by molar-refractivity contribution is -0.136. The Morgan fingerprint density at radius 3 is 2.38 bits per heavy atom. The zero-order chi connectivity index (χ0) is 15.1. The number of carbonyl (C=O) groups is 2. The molecule has 0 saturated carbocycles. The van der Waals surface area contributed by atoms with E-state index in [2.05, 4.69) is 5.32 Å². The summed E-state index contributed by atoms with van der Waals surface area (Å²) in [7, 11) is 0. The van der Waals surface area contributed by atoms with Crippen LogP contribution in [0.2, 0.25) is 0 Å². The molecule has 0 aliphatic heterocycles. The Hall–Kier alpha value is -2.62. The van der Waals surface area contributed by atoms with Crippen LogP contribution in [0.5, 0.6) is 0 Å². The highest BCUT2D eigenvalue weighted by Crippen LogP contribution is 2.12. The summed E-state index contributed by atoms with van der Waals surface area (Å²) < 4.78 is 0. The Kier molecular flexibility index (Phi) is 5.10. The van der Waals surface area contributed by atoms with Gasteiger partial charge in [-0.2, -0.15) is 0 Å². The van der Waals surface area contributed by atoms with Gasteiger partial charge in [0.1, 0.15) is 0 Å². The van der Waals surface area contributed by atoms with Crippen LogP contribution in [0.1, 0.15) is 17.5 Å². The number of rotatable bonds is 6. The molecule has 4 heteroatoms. The molecule has 0 unspecified atom stereocenters. The Bertz CT molecular complexity index is 623. The van der Waals surface area contributed by atoms with Crippen LogP contribution in [0.3, 0.4) is 0 Å². The summed E-state index contributed by atoms with van der Waals surface area (Å²) in [6, 6.07) is 16.7. The van der Waals surface area contributed by atoms with Crippen molar-refractivity contribution in [2.45, 2.75) is 19.3 Å². The minimum absolute atomic E-state index is 0.0479. The molecule has 108 valence electrons. The van der Waals surface area contributed by atoms with Gasteiger partial charge in [-0.1, -0.05) is 42.5 Å². The standard InChI is InChI=1S/C17H17NO3/c19-16(10-9-13-5-2-1-3-6-13)18-15-8-4-7-14(11-15)12-17(20)21/h1-8,11H,9-10,12H2,(H,18,19)(H,20,21). The molecule has 1 amide bonds. The minimum atomic E-state index is -0.887. The molecule has 0 spiro atoms. The molecule has 0 heterocycles. The molecule has 0 fully saturated rings. The van der Waals surface area contributed by atoms with Gasteiger partial charge in [-0.15, -0.1) is 0 Å². The molecule has 0 aromatic heterocycles. The molecular formula is C17H17NO3. The fourth-order valence-corrected chi connectivity index (χ4v) is 2.06. The molecule has 0 aliphatic carbocycles. The Balaban J connectivity index is 1.89. The van der Waals surface area contributed by atoms with Crippen molar-refractivity contribution in [1.29, 1.82) is 0 Å². The maximum atomic E-state index is 11.9. The second-order valence-corrected chi connectivity index (χ2v) is 4.80. The largest absolute Gasteiger partial charge is 0.481 e. The third-order valence-electron chi connectivity index (χ3n) is 3.05. The van der Waals surface area contributed by atoms with Gasteiger partial charge in [0, 0.05) is 12.1 Å². The average molecular weight is 283 g/mol. The SMILES string of the molecule is O=C(O)Cc1cccc(NC(=O)CCc2ccccc2)c1. The van der Waals surface area contributed by atoms with Crippen LogP contribution in [0.25, 0.3) is 0 Å². The summed E-state index contributed by atoms with van der Waals surface area (Å²) in [5, 5.41) is 11.6. The Morgan fingerprint density at radius 2 is 1.67 bits per heavy atom. The lowest BCUT2D eigenvalue weighted by Gasteiger charge is -2.07. The molecule has 0 bridgehead atoms. The molecule has 2 rings (SSSR count). The number of carboxylic acids is 1. The highest BCUT2D eigenvalue weighted by Gasteiger charge is 2.05. The predicted octanol–water partition coefficient (Wildman–Crippen LogP) is 2.89. The number of nitrogens with one attached hydrogen (secondary N) is 1. The minimum Gasteiger partial charge on any atom is -0.481 e. The second-order valence-electron chi connectivity index (χ2n) is 4.80. The molecule has 4 nitrogen and oxygen atoms in total. The van der Waals surface area contributed by atoms with Crippen LogP contribution in [0, 0.1) is 0 Å². The fourth-order valence-electron chi connectivity index (χ4n) is 2.06. The van der Waals surface area contributed by atoms with Crippen LogP contribution in [-0.2, 0) is 22.4 Å². The van der Waals surface area contributed by atoms with Crippen LogP contribution < -0.4 is 5.32 Å². The van der Waals surface area contributed by atoms with Gasteiger partial charge in [-0.25, -0.2) is 0 Å². The second kappa shape index (κ2) is 7.24. The summed E-state index contributed by atoms with van der Waals surface area (Å²) in [5.74, 6) is -0.964. The van der Waals surface area contributed by atoms with Crippen LogP contribution >= 0.6 is 0 Å². The van der Waals surface area contributed by atoms with Crippen molar-refractivity contribution in [3.05, 3.63) is 65.7 Å². The summed E-state index contributed by atoms with van der Waals surface area (Å²) in [4.78, 5) is 22.6. The van der Waals surface area contributed by atoms with Crippen molar-refractivity contribution in [3.8, 4) is 0 Å². The zero-order valence-electron chi connectivity index (χ0n) is 11.6. The van der Waals surface area contributed by atoms with Gasteiger partial charge in [-0.3, -0.25) is 9.59 Å². The van der Waals surface area contributed by atoms with Gasteiger partial charge in [-0.05, 0) is 29.7 Å². The summed E-state index contributed by atoms with van der Waals surface area (Å²) in [6.45, 7) is 0. The van der Waals surface area contributed by atoms with E-state index in [4.69, 9.17) is 5.11 Å². The highest BCUT2D eigenvalue weighted by atomic mass is 16.4. The van der Waals surface area contributed by atoms with Crippen molar-refractivity contribution < 1.29 is 14.7 Å². The topological polar surface area (TPSA) is 66.4 Å². The van der Waals surface area contributed by atoms with Gasteiger partial charge in [0.2, 0.25) is 5.91 Å². The Morgan fingerprint density at radius 1 is 0.952 bits per heavy atom. The number of hydrogen-bond acceptors (Lipinski definition) is 2. The van der Waals surface area contributed by atoms with E-state index in [0.29, 0.717) is 24.1 Å². The first kappa shape index (κ1) is 14.8. The number of carbonyl (C=O) groups excluding carboxylic acids is 1. The van der Waals surface area contributed by atoms with Crippen molar-refractivity contribution >= 4 is 17.6 Å². The molecule has 2 N–H and O–H groups in total. The van der Waals surface area contributed by atoms with Crippen LogP contribution in [-0.4, -0.2) is 17.0 Å². The predicted molar refractivity (Wildman–Crippen MR) is 81.2 cm³/mol. The van der Waals surface area contributed by atoms with Gasteiger partial charge in [0.15, 0.2) is 0 Å². The maximum Gasteiger partial charge on any atom is 0.307 e. The van der Waals surface area contributed by atoms with Crippen LogP contribution in [0.4, 0.5) is 5.69 Å². The van der Waals surface area contributed by atoms with Crippen molar-refractivity contribution in [2.24, 2.45) is 0 Å². The average Bonchev–Trinajstić information content (AvgIpc) is 2.46. The number of carboxylic acid groups (broad SMARTS) is 1. The third kappa shape index (κ3) is 5.10. The van der Waals surface area contributed by atoms with E-state index in [9.17, 15) is 9.59 Å². The maximum absolute atomic E-state index is 11.9. The normalized spacial score (nSPS) is 10.1. The van der Waals surface area contributed by atoms with E-state index in [1.54, 1.807) is 24.3 Å². The van der Waals surface area contributed by atoms with Gasteiger partial charge >= 0.3 is 5.97 Å². The molecule has 0 atom stereocenters. The number of aryl methyl sites for hydroxylation is 1. The third-order valence-corrected chi connectivity index (χ3v) is 3.05. The lowest BCUT2D eigenvalue weighted by Crippen LogP contribution is -2.12. The zero-order valence-corrected chi connectivity index (χ0v) is 11.6. The molecular weight excluding hydrogens is 266 g/mol. The van der Waals surface area contributed by atoms with Crippen molar-refractivity contribution in [1.82, 2.24) is 0 Å². The first-order valence-corrected chi connectivity index (χ1v) is 6.78. The van der Waals surface area contributed by atoms with E-state index >= 15 is 0 Å². The molecule has 2 aromatic rings. The van der Waals surface area contributed by atoms with E-state index in [-0.39, 0.29) is 12.3 Å². The van der Waals surface area contributed by atoms with Gasteiger partial charge < -0.3 is 10.4 Å². The number of benzene rings is 2. The van der Waals surface area contributed by atoms with Crippen molar-refractivity contribution in [2.75, 3.05) is 5.32 Å². The monoisotopic (exact) mass is 283 g/mol. The van der Waals surface area contributed by atoms with E-state index in [0.717, 1.165) is 5.56 Å². The van der Waals surface area contributed by atoms with Crippen LogP contribution in [0.15, 0.2) is 54.6 Å². The molecule has 21 heavy (non-hydrogen) atoms. The first-order chi connectivity index (χ1) is 10.1. The van der Waals surface area contributed by atoms with E-state index in [1.165, 1.54) is 0 Å². The number of anilines is 1. The summed E-state index contributed by atoms with van der Waals surface area (Å²) in [6.07, 6.45) is 1.03. The quantitative estimate of drug-likeness (QED) is 0.856. The van der Waals surface area contributed by atoms with E-state index < -0.39 is 5.97 Å². The fraction of sp³-hybridized carbons (Fsp3) is 0.176. The molecule has 0 radical (unpaired) electrons. The smallest absolute Gasteiger partial charge is 0.307 e. The van der Waals surface area contributed by atoms with E-state index in [1.807, 2.05) is 30.3 Å². The molecule has 2 aromatic carbocycles. The van der Waals surface area contributed by atoms with Crippen molar-refractivity contribution in [3.63, 3.8) is 0 Å². The number of hydrogen-bond donors (Lipinski definition) is 2.